The van der Waals surface area contributed by atoms with Crippen LogP contribution in [0.25, 0.3) is 10.9 Å². The first-order valence-corrected chi connectivity index (χ1v) is 9.92. The smallest absolute Gasteiger partial charge is 0.475 e. The van der Waals surface area contributed by atoms with E-state index in [-0.39, 0.29) is 5.91 Å². The number of carboxylic acids is 2. The lowest BCUT2D eigenvalue weighted by Gasteiger charge is -2.21. The van der Waals surface area contributed by atoms with Crippen LogP contribution >= 0.6 is 0 Å². The highest BCUT2D eigenvalue weighted by Crippen LogP contribution is 2.14. The highest BCUT2D eigenvalue weighted by Gasteiger charge is 2.38. The third-order valence-corrected chi connectivity index (χ3v) is 3.54. The van der Waals surface area contributed by atoms with E-state index < -0.39 is 42.0 Å². The van der Waals surface area contributed by atoms with Gasteiger partial charge in [0.1, 0.15) is 11.6 Å². The summed E-state index contributed by atoms with van der Waals surface area (Å²) in [5.41, 5.74) is 1.23. The molecule has 2 amide bonds. The van der Waals surface area contributed by atoms with E-state index in [1.165, 1.54) is 0 Å². The standard InChI is InChI=1S/C16H22N4O3.2C2HF3O2/c1-10(19-15(22)23-16(2,3)4)14(21)18-9-12-7-11-8-17-6-5-13(11)20-12;2*3-2(4,5)1(6)7/h5-8,10,20H,9H2,1-4H3,(H,18,21)(H,19,22);2*(H,6,7)/t10-;;/m0../s1. The number of carbonyl (C=O) groups excluding carboxylic acids is 2. The second kappa shape index (κ2) is 13.3. The lowest BCUT2D eigenvalue weighted by Crippen LogP contribution is -2.46. The average Bonchev–Trinajstić information content (AvgIpc) is 3.13. The predicted octanol–water partition coefficient (Wildman–Crippen LogP) is 3.36. The zero-order valence-corrected chi connectivity index (χ0v) is 19.7. The van der Waals surface area contributed by atoms with Crippen molar-refractivity contribution in [1.82, 2.24) is 20.6 Å². The number of carbonyl (C=O) groups is 4. The number of aromatic nitrogens is 2. The molecule has 11 nitrogen and oxygen atoms in total. The highest BCUT2D eigenvalue weighted by molar-refractivity contribution is 5.85. The van der Waals surface area contributed by atoms with Crippen molar-refractivity contribution in [2.45, 2.75) is 58.2 Å². The number of nitrogens with zero attached hydrogens (tertiary/aromatic N) is 1. The number of aliphatic carboxylic acids is 2. The first kappa shape index (κ1) is 33.0. The minimum Gasteiger partial charge on any atom is -0.475 e. The number of carboxylic acid groups (broad SMARTS) is 2. The number of alkyl carbamates (subject to hydrolysis) is 1. The Bertz CT molecular complexity index is 1020. The molecule has 1 atom stereocenters. The van der Waals surface area contributed by atoms with Gasteiger partial charge in [-0.2, -0.15) is 26.3 Å². The molecule has 5 N–H and O–H groups in total. The van der Waals surface area contributed by atoms with Gasteiger partial charge in [0.25, 0.3) is 0 Å². The lowest BCUT2D eigenvalue weighted by atomic mass is 10.2. The van der Waals surface area contributed by atoms with Crippen LogP contribution in [0, 0.1) is 0 Å². The molecule has 2 aromatic rings. The number of hydrogen-bond donors (Lipinski definition) is 5. The summed E-state index contributed by atoms with van der Waals surface area (Å²) in [4.78, 5) is 48.7. The summed E-state index contributed by atoms with van der Waals surface area (Å²) in [7, 11) is 0. The molecular formula is C20H24F6N4O7. The Morgan fingerprint density at radius 2 is 1.51 bits per heavy atom. The van der Waals surface area contributed by atoms with Crippen LogP contribution in [0.15, 0.2) is 24.5 Å². The number of fused-ring (bicyclic) bond motifs is 1. The molecule has 0 bridgehead atoms. The molecule has 0 aliphatic carbocycles. The molecule has 2 aromatic heterocycles. The number of aromatic amines is 1. The molecule has 0 fully saturated rings. The van der Waals surface area contributed by atoms with Crippen molar-refractivity contribution in [2.24, 2.45) is 0 Å². The van der Waals surface area contributed by atoms with Gasteiger partial charge in [0.15, 0.2) is 0 Å². The third-order valence-electron chi connectivity index (χ3n) is 3.54. The molecule has 0 unspecified atom stereocenters. The Hall–Kier alpha value is -4.05. The molecule has 208 valence electrons. The van der Waals surface area contributed by atoms with Gasteiger partial charge in [-0.05, 0) is 39.8 Å². The predicted molar refractivity (Wildman–Crippen MR) is 114 cm³/mol. The van der Waals surface area contributed by atoms with E-state index in [9.17, 15) is 35.9 Å². The molecule has 37 heavy (non-hydrogen) atoms. The van der Waals surface area contributed by atoms with Crippen LogP contribution in [0.3, 0.4) is 0 Å². The van der Waals surface area contributed by atoms with E-state index in [1.54, 1.807) is 40.1 Å². The van der Waals surface area contributed by atoms with Gasteiger partial charge in [0, 0.05) is 29.0 Å². The van der Waals surface area contributed by atoms with E-state index in [2.05, 4.69) is 20.6 Å². The number of rotatable bonds is 4. The largest absolute Gasteiger partial charge is 0.490 e. The van der Waals surface area contributed by atoms with Crippen LogP contribution in [0.4, 0.5) is 31.1 Å². The Balaban J connectivity index is 0.000000761. The second-order valence-electron chi connectivity index (χ2n) is 7.95. The fourth-order valence-corrected chi connectivity index (χ4v) is 2.01. The topological polar surface area (TPSA) is 171 Å². The van der Waals surface area contributed by atoms with Crippen molar-refractivity contribution in [3.05, 3.63) is 30.2 Å². The van der Waals surface area contributed by atoms with Gasteiger partial charge in [-0.3, -0.25) is 9.78 Å². The van der Waals surface area contributed by atoms with Gasteiger partial charge < -0.3 is 30.6 Å². The van der Waals surface area contributed by atoms with Crippen LogP contribution in [0.5, 0.6) is 0 Å². The Kier molecular flexibility index (Phi) is 11.9. The molecular weight excluding hydrogens is 522 g/mol. The fourth-order valence-electron chi connectivity index (χ4n) is 2.01. The fraction of sp³-hybridized carbons (Fsp3) is 0.450. The summed E-state index contributed by atoms with van der Waals surface area (Å²) in [5, 5.41) is 20.5. The van der Waals surface area contributed by atoms with Crippen LogP contribution in [-0.2, 0) is 25.7 Å². The van der Waals surface area contributed by atoms with Gasteiger partial charge >= 0.3 is 30.4 Å². The van der Waals surface area contributed by atoms with Crippen molar-refractivity contribution in [1.29, 1.82) is 0 Å². The normalized spacial score (nSPS) is 12.2. The second-order valence-corrected chi connectivity index (χ2v) is 7.95. The van der Waals surface area contributed by atoms with Crippen LogP contribution < -0.4 is 10.6 Å². The molecule has 17 heteroatoms. The maximum absolute atomic E-state index is 12.0. The van der Waals surface area contributed by atoms with E-state index in [4.69, 9.17) is 24.5 Å². The molecule has 0 spiro atoms. The number of halogens is 6. The Labute approximate surface area is 205 Å². The molecule has 0 aliphatic heterocycles. The summed E-state index contributed by atoms with van der Waals surface area (Å²) >= 11 is 0. The first-order chi connectivity index (χ1) is 16.6. The quantitative estimate of drug-likeness (QED) is 0.364. The number of hydrogen-bond acceptors (Lipinski definition) is 6. The van der Waals surface area contributed by atoms with E-state index >= 15 is 0 Å². The van der Waals surface area contributed by atoms with E-state index in [0.717, 1.165) is 16.6 Å². The van der Waals surface area contributed by atoms with Crippen LogP contribution in [-0.4, -0.2) is 68.1 Å². The van der Waals surface area contributed by atoms with Gasteiger partial charge in [0.05, 0.1) is 6.54 Å². The minimum atomic E-state index is -5.08. The van der Waals surface area contributed by atoms with Gasteiger partial charge in [-0.25, -0.2) is 14.4 Å². The maximum Gasteiger partial charge on any atom is 0.490 e. The van der Waals surface area contributed by atoms with Crippen LogP contribution in [0.2, 0.25) is 0 Å². The molecule has 0 aromatic carbocycles. The highest BCUT2D eigenvalue weighted by atomic mass is 19.4. The number of pyridine rings is 1. The molecule has 2 rings (SSSR count). The summed E-state index contributed by atoms with van der Waals surface area (Å²) in [6, 6.07) is 3.11. The number of nitrogens with one attached hydrogen (secondary N) is 3. The Morgan fingerprint density at radius 1 is 1.03 bits per heavy atom. The van der Waals surface area contributed by atoms with Crippen molar-refractivity contribution in [3.8, 4) is 0 Å². The summed E-state index contributed by atoms with van der Waals surface area (Å²) in [6.07, 6.45) is -7.32. The average molecular weight is 546 g/mol. The third kappa shape index (κ3) is 14.2. The number of ether oxygens (including phenoxy) is 1. The van der Waals surface area contributed by atoms with Crippen molar-refractivity contribution in [2.75, 3.05) is 0 Å². The Morgan fingerprint density at radius 3 is 1.92 bits per heavy atom. The first-order valence-electron chi connectivity index (χ1n) is 9.92. The summed E-state index contributed by atoms with van der Waals surface area (Å²) in [5.74, 6) is -5.80. The molecule has 0 aliphatic rings. The zero-order chi connectivity index (χ0) is 29.2. The maximum atomic E-state index is 12.0. The van der Waals surface area contributed by atoms with Gasteiger partial charge in [-0.1, -0.05) is 0 Å². The van der Waals surface area contributed by atoms with E-state index in [1.807, 2.05) is 12.1 Å². The zero-order valence-electron chi connectivity index (χ0n) is 19.7. The summed E-state index contributed by atoms with van der Waals surface area (Å²) in [6.45, 7) is 7.24. The number of amides is 2. The number of alkyl halides is 6. The van der Waals surface area contributed by atoms with Crippen molar-refractivity contribution < 1.29 is 60.5 Å². The molecule has 0 saturated heterocycles. The summed E-state index contributed by atoms with van der Waals surface area (Å²) < 4.78 is 68.6. The van der Waals surface area contributed by atoms with Crippen LogP contribution in [0.1, 0.15) is 33.4 Å². The lowest BCUT2D eigenvalue weighted by molar-refractivity contribution is -0.193. The minimum absolute atomic E-state index is 0.285. The monoisotopic (exact) mass is 546 g/mol. The molecule has 0 radical (unpaired) electrons. The van der Waals surface area contributed by atoms with Crippen molar-refractivity contribution in [3.63, 3.8) is 0 Å². The molecule has 0 saturated carbocycles. The van der Waals surface area contributed by atoms with Gasteiger partial charge in [-0.15, -0.1) is 0 Å². The van der Waals surface area contributed by atoms with E-state index in [0.29, 0.717) is 6.54 Å². The van der Waals surface area contributed by atoms with Gasteiger partial charge in [0.2, 0.25) is 5.91 Å². The van der Waals surface area contributed by atoms with Crippen molar-refractivity contribution >= 4 is 34.8 Å². The SMILES string of the molecule is C[C@H](NC(=O)OC(C)(C)C)C(=O)NCc1cc2cnccc2[nH]1.O=C(O)C(F)(F)F.O=C(O)C(F)(F)F. The number of H-pyrrole nitrogens is 1. The molecule has 2 heterocycles.